The monoisotopic (exact) mass is 275 g/mol. The van der Waals surface area contributed by atoms with Crippen molar-refractivity contribution in [2.45, 2.75) is 32.1 Å². The van der Waals surface area contributed by atoms with Gasteiger partial charge in [-0.25, -0.2) is 9.97 Å². The highest BCUT2D eigenvalue weighted by atomic mass is 15.3. The molecule has 1 aliphatic heterocycles. The molecule has 1 aromatic heterocycles. The van der Waals surface area contributed by atoms with Crippen LogP contribution in [0.5, 0.6) is 0 Å². The van der Waals surface area contributed by atoms with Gasteiger partial charge in [-0.2, -0.15) is 0 Å². The smallest absolute Gasteiger partial charge is 0.135 e. The zero-order chi connectivity index (χ0) is 13.8. The van der Waals surface area contributed by atoms with E-state index >= 15 is 0 Å². The van der Waals surface area contributed by atoms with Gasteiger partial charge in [0.15, 0.2) is 0 Å². The summed E-state index contributed by atoms with van der Waals surface area (Å²) < 4.78 is 0. The first-order chi connectivity index (χ1) is 9.88. The van der Waals surface area contributed by atoms with Crippen LogP contribution in [0.1, 0.15) is 30.5 Å². The molecule has 1 aliphatic carbocycles. The van der Waals surface area contributed by atoms with E-state index in [0.29, 0.717) is 0 Å². The van der Waals surface area contributed by atoms with Crippen LogP contribution in [0, 0.1) is 0 Å². The van der Waals surface area contributed by atoms with Crippen LogP contribution in [-0.4, -0.2) is 54.1 Å². The molecular weight excluding hydrogens is 250 g/mol. The second-order valence-electron chi connectivity index (χ2n) is 5.80. The van der Waals surface area contributed by atoms with Crippen LogP contribution >= 0.6 is 0 Å². The maximum atomic E-state index is 5.67. The molecule has 110 valence electrons. The zero-order valence-corrected chi connectivity index (χ0v) is 12.2. The van der Waals surface area contributed by atoms with Crippen LogP contribution < -0.4 is 10.6 Å². The topological polar surface area (TPSA) is 58.3 Å². The van der Waals surface area contributed by atoms with Crippen LogP contribution in [0.3, 0.4) is 0 Å². The molecule has 20 heavy (non-hydrogen) atoms. The van der Waals surface area contributed by atoms with Gasteiger partial charge in [-0.05, 0) is 38.6 Å². The van der Waals surface area contributed by atoms with E-state index in [4.69, 9.17) is 5.73 Å². The summed E-state index contributed by atoms with van der Waals surface area (Å²) in [6, 6.07) is 0. The highest BCUT2D eigenvalue weighted by molar-refractivity contribution is 5.49. The summed E-state index contributed by atoms with van der Waals surface area (Å²) in [4.78, 5) is 14.0. The minimum atomic E-state index is 0.753. The molecule has 0 amide bonds. The van der Waals surface area contributed by atoms with Crippen molar-refractivity contribution < 1.29 is 0 Å². The van der Waals surface area contributed by atoms with Crippen molar-refractivity contribution in [1.29, 1.82) is 0 Å². The number of hydrogen-bond donors (Lipinski definition) is 1. The quantitative estimate of drug-likeness (QED) is 0.885. The molecule has 2 aliphatic rings. The lowest BCUT2D eigenvalue weighted by Gasteiger charge is -2.27. The predicted molar refractivity (Wildman–Crippen MR) is 81.0 cm³/mol. The van der Waals surface area contributed by atoms with E-state index in [1.807, 2.05) is 0 Å². The highest BCUT2D eigenvalue weighted by Crippen LogP contribution is 2.27. The van der Waals surface area contributed by atoms with Crippen LogP contribution in [-0.2, 0) is 12.8 Å². The molecule has 0 radical (unpaired) electrons. The second-order valence-corrected chi connectivity index (χ2v) is 5.80. The fourth-order valence-electron chi connectivity index (χ4n) is 3.37. The van der Waals surface area contributed by atoms with E-state index < -0.39 is 0 Å². The molecule has 2 N–H and O–H groups in total. The van der Waals surface area contributed by atoms with Crippen molar-refractivity contribution in [3.8, 4) is 0 Å². The first-order valence-corrected chi connectivity index (χ1v) is 7.88. The Bertz CT molecular complexity index is 448. The molecule has 5 heteroatoms. The highest BCUT2D eigenvalue weighted by Gasteiger charge is 2.21. The van der Waals surface area contributed by atoms with Crippen molar-refractivity contribution in [1.82, 2.24) is 14.9 Å². The lowest BCUT2D eigenvalue weighted by atomic mass is 9.96. The molecule has 0 unspecified atom stereocenters. The van der Waals surface area contributed by atoms with Crippen LogP contribution in [0.2, 0.25) is 0 Å². The molecule has 0 spiro atoms. The number of hydrogen-bond acceptors (Lipinski definition) is 5. The molecular formula is C15H25N5. The maximum Gasteiger partial charge on any atom is 0.135 e. The number of aromatic nitrogens is 2. The summed E-state index contributed by atoms with van der Waals surface area (Å²) >= 11 is 0. The van der Waals surface area contributed by atoms with Gasteiger partial charge in [-0.15, -0.1) is 0 Å². The van der Waals surface area contributed by atoms with Crippen molar-refractivity contribution in [3.63, 3.8) is 0 Å². The first kappa shape index (κ1) is 13.8. The normalized spacial score (nSPS) is 20.6. The lowest BCUT2D eigenvalue weighted by molar-refractivity contribution is 0.302. The van der Waals surface area contributed by atoms with E-state index in [9.17, 15) is 0 Å². The number of rotatable bonds is 3. The van der Waals surface area contributed by atoms with E-state index in [1.54, 1.807) is 6.33 Å². The van der Waals surface area contributed by atoms with E-state index in [2.05, 4.69) is 19.8 Å². The summed E-state index contributed by atoms with van der Waals surface area (Å²) in [5.41, 5.74) is 8.36. The molecule has 0 saturated carbocycles. The number of fused-ring (bicyclic) bond motifs is 1. The van der Waals surface area contributed by atoms with E-state index in [0.717, 1.165) is 52.1 Å². The average molecular weight is 275 g/mol. The SMILES string of the molecule is NCCN1CCCN(c2ncnc3c2CCCC3)CC1. The molecule has 0 bridgehead atoms. The zero-order valence-electron chi connectivity index (χ0n) is 12.2. The Balaban J connectivity index is 1.76. The van der Waals surface area contributed by atoms with Crippen LogP contribution in [0.25, 0.3) is 0 Å². The Kier molecular flexibility index (Phi) is 4.47. The lowest BCUT2D eigenvalue weighted by Crippen LogP contribution is -2.34. The molecule has 1 fully saturated rings. The molecule has 5 nitrogen and oxygen atoms in total. The average Bonchev–Trinajstić information content (AvgIpc) is 2.73. The summed E-state index contributed by atoms with van der Waals surface area (Å²) in [6.07, 6.45) is 7.77. The fraction of sp³-hybridized carbons (Fsp3) is 0.733. The third-order valence-electron chi connectivity index (χ3n) is 4.44. The minimum absolute atomic E-state index is 0.753. The number of nitrogens with two attached hydrogens (primary N) is 1. The Morgan fingerprint density at radius 1 is 1.00 bits per heavy atom. The molecule has 0 atom stereocenters. The van der Waals surface area contributed by atoms with Gasteiger partial charge < -0.3 is 15.5 Å². The largest absolute Gasteiger partial charge is 0.355 e. The summed E-state index contributed by atoms with van der Waals surface area (Å²) in [5.74, 6) is 1.20. The van der Waals surface area contributed by atoms with Gasteiger partial charge in [0, 0.05) is 44.0 Å². The summed E-state index contributed by atoms with van der Waals surface area (Å²) in [5, 5.41) is 0. The molecule has 1 saturated heterocycles. The van der Waals surface area contributed by atoms with Gasteiger partial charge in [-0.1, -0.05) is 0 Å². The third-order valence-corrected chi connectivity index (χ3v) is 4.44. The van der Waals surface area contributed by atoms with Gasteiger partial charge >= 0.3 is 0 Å². The van der Waals surface area contributed by atoms with Gasteiger partial charge in [0.25, 0.3) is 0 Å². The van der Waals surface area contributed by atoms with Gasteiger partial charge in [-0.3, -0.25) is 0 Å². The molecule has 2 heterocycles. The second kappa shape index (κ2) is 6.50. The Labute approximate surface area is 121 Å². The van der Waals surface area contributed by atoms with E-state index in [1.165, 1.54) is 36.3 Å². The molecule has 0 aromatic carbocycles. The Morgan fingerprint density at radius 2 is 1.90 bits per heavy atom. The number of nitrogens with zero attached hydrogens (tertiary/aromatic N) is 4. The van der Waals surface area contributed by atoms with E-state index in [-0.39, 0.29) is 0 Å². The van der Waals surface area contributed by atoms with Gasteiger partial charge in [0.1, 0.15) is 12.1 Å². The van der Waals surface area contributed by atoms with Crippen molar-refractivity contribution in [3.05, 3.63) is 17.6 Å². The standard InChI is InChI=1S/C15H25N5/c16-6-9-19-7-3-8-20(11-10-19)15-13-4-1-2-5-14(13)17-12-18-15/h12H,1-11,16H2. The number of anilines is 1. The van der Waals surface area contributed by atoms with Crippen LogP contribution in [0.15, 0.2) is 6.33 Å². The van der Waals surface area contributed by atoms with Crippen molar-refractivity contribution in [2.75, 3.05) is 44.2 Å². The molecule has 3 rings (SSSR count). The Hall–Kier alpha value is -1.20. The van der Waals surface area contributed by atoms with Gasteiger partial charge in [0.05, 0.1) is 0 Å². The number of aryl methyl sites for hydroxylation is 1. The Morgan fingerprint density at radius 3 is 2.80 bits per heavy atom. The predicted octanol–water partition coefficient (Wildman–Crippen LogP) is 0.826. The summed E-state index contributed by atoms with van der Waals surface area (Å²) in [7, 11) is 0. The molecule has 1 aromatic rings. The van der Waals surface area contributed by atoms with Crippen molar-refractivity contribution in [2.24, 2.45) is 5.73 Å². The summed E-state index contributed by atoms with van der Waals surface area (Å²) in [6.45, 7) is 6.17. The maximum absolute atomic E-state index is 5.67. The first-order valence-electron chi connectivity index (χ1n) is 7.88. The fourth-order valence-corrected chi connectivity index (χ4v) is 3.37. The minimum Gasteiger partial charge on any atom is -0.355 e. The third kappa shape index (κ3) is 2.94. The van der Waals surface area contributed by atoms with Crippen molar-refractivity contribution >= 4 is 5.82 Å². The van der Waals surface area contributed by atoms with Gasteiger partial charge in [0.2, 0.25) is 0 Å². The van der Waals surface area contributed by atoms with Crippen LogP contribution in [0.4, 0.5) is 5.82 Å².